The van der Waals surface area contributed by atoms with Gasteiger partial charge in [-0.3, -0.25) is 4.79 Å². The van der Waals surface area contributed by atoms with Crippen molar-refractivity contribution in [3.05, 3.63) is 28.1 Å². The van der Waals surface area contributed by atoms with Crippen LogP contribution >= 0.6 is 22.9 Å². The van der Waals surface area contributed by atoms with Crippen LogP contribution in [0.1, 0.15) is 23.0 Å². The predicted molar refractivity (Wildman–Crippen MR) is 78.5 cm³/mol. The number of amides is 1. The van der Waals surface area contributed by atoms with Crippen molar-refractivity contribution in [2.75, 3.05) is 19.3 Å². The lowest BCUT2D eigenvalue weighted by Gasteiger charge is -2.15. The highest BCUT2D eigenvalue weighted by molar-refractivity contribution is 7.21. The lowest BCUT2D eigenvalue weighted by Crippen LogP contribution is -2.27. The molecule has 0 atom stereocenters. The topological polar surface area (TPSA) is 46.3 Å². The Bertz CT molecular complexity index is 594. The molecule has 96 valence electrons. The normalized spacial score (nSPS) is 10.8. The van der Waals surface area contributed by atoms with Crippen molar-refractivity contribution in [2.24, 2.45) is 0 Å². The van der Waals surface area contributed by atoms with Crippen molar-refractivity contribution in [1.82, 2.24) is 4.90 Å². The lowest BCUT2D eigenvalue weighted by atomic mass is 10.2. The summed E-state index contributed by atoms with van der Waals surface area (Å²) in [5.74, 6) is -0.0355. The number of halogens is 1. The molecular weight excluding hydrogens is 268 g/mol. The number of carbonyl (C=O) groups excluding carboxylic acids is 1. The van der Waals surface area contributed by atoms with E-state index in [1.165, 1.54) is 11.3 Å². The first-order valence-electron chi connectivity index (χ1n) is 5.78. The Morgan fingerprint density at radius 1 is 1.50 bits per heavy atom. The van der Waals surface area contributed by atoms with E-state index in [1.54, 1.807) is 18.0 Å². The molecule has 0 unspecified atom stereocenters. The Hall–Kier alpha value is -1.26. The molecule has 0 radical (unpaired) electrons. The van der Waals surface area contributed by atoms with E-state index in [4.69, 9.17) is 17.3 Å². The van der Waals surface area contributed by atoms with Crippen LogP contribution in [0.4, 0.5) is 5.69 Å². The number of hydrogen-bond donors (Lipinski definition) is 1. The van der Waals surface area contributed by atoms with Gasteiger partial charge in [0, 0.05) is 23.7 Å². The van der Waals surface area contributed by atoms with Crippen LogP contribution in [0, 0.1) is 0 Å². The van der Waals surface area contributed by atoms with Crippen molar-refractivity contribution < 1.29 is 4.79 Å². The Kier molecular flexibility index (Phi) is 3.78. The Morgan fingerprint density at radius 3 is 2.83 bits per heavy atom. The van der Waals surface area contributed by atoms with Crippen LogP contribution in [0.25, 0.3) is 10.1 Å². The molecule has 0 bridgehead atoms. The zero-order valence-corrected chi connectivity index (χ0v) is 11.9. The fourth-order valence-corrected chi connectivity index (χ4v) is 3.37. The molecule has 1 heterocycles. The lowest BCUT2D eigenvalue weighted by molar-refractivity contribution is 0.0801. The maximum Gasteiger partial charge on any atom is 0.265 e. The zero-order valence-electron chi connectivity index (χ0n) is 10.4. The van der Waals surface area contributed by atoms with E-state index in [9.17, 15) is 4.79 Å². The molecule has 0 aliphatic rings. The van der Waals surface area contributed by atoms with E-state index < -0.39 is 0 Å². The second kappa shape index (κ2) is 5.16. The number of carbonyl (C=O) groups is 1. The van der Waals surface area contributed by atoms with Gasteiger partial charge in [0.1, 0.15) is 4.88 Å². The SMILES string of the molecule is CCCN(C)C(=O)c1sc2cccc(Cl)c2c1N. The van der Waals surface area contributed by atoms with E-state index in [2.05, 4.69) is 0 Å². The van der Waals surface area contributed by atoms with Crippen LogP contribution < -0.4 is 5.73 Å². The van der Waals surface area contributed by atoms with Crippen molar-refractivity contribution in [1.29, 1.82) is 0 Å². The maximum absolute atomic E-state index is 12.2. The summed E-state index contributed by atoms with van der Waals surface area (Å²) in [6, 6.07) is 5.58. The Morgan fingerprint density at radius 2 is 2.22 bits per heavy atom. The van der Waals surface area contributed by atoms with Crippen LogP contribution in [0.5, 0.6) is 0 Å². The fourth-order valence-electron chi connectivity index (χ4n) is 1.90. The molecule has 0 saturated carbocycles. The van der Waals surface area contributed by atoms with Gasteiger partial charge < -0.3 is 10.6 Å². The molecule has 0 aliphatic heterocycles. The standard InChI is InChI=1S/C13H15ClN2OS/c1-3-7-16(2)13(17)12-11(15)10-8(14)5-4-6-9(10)18-12/h4-6H,3,7,15H2,1-2H3. The van der Waals surface area contributed by atoms with Gasteiger partial charge in [-0.25, -0.2) is 0 Å². The minimum Gasteiger partial charge on any atom is -0.397 e. The molecule has 18 heavy (non-hydrogen) atoms. The zero-order chi connectivity index (χ0) is 13.3. The number of nitrogen functional groups attached to an aromatic ring is 1. The number of hydrogen-bond acceptors (Lipinski definition) is 3. The van der Waals surface area contributed by atoms with Gasteiger partial charge in [0.15, 0.2) is 0 Å². The summed E-state index contributed by atoms with van der Waals surface area (Å²) in [6.45, 7) is 2.76. The fraction of sp³-hybridized carbons (Fsp3) is 0.308. The molecule has 2 N–H and O–H groups in total. The van der Waals surface area contributed by atoms with Gasteiger partial charge in [0.05, 0.1) is 10.7 Å². The summed E-state index contributed by atoms with van der Waals surface area (Å²) < 4.78 is 0.952. The number of thiophene rings is 1. The van der Waals surface area contributed by atoms with Gasteiger partial charge in [-0.2, -0.15) is 0 Å². The molecule has 0 saturated heterocycles. The smallest absolute Gasteiger partial charge is 0.265 e. The molecule has 3 nitrogen and oxygen atoms in total. The van der Waals surface area contributed by atoms with E-state index in [1.807, 2.05) is 19.1 Å². The van der Waals surface area contributed by atoms with E-state index >= 15 is 0 Å². The molecular formula is C13H15ClN2OS. The third-order valence-electron chi connectivity index (χ3n) is 2.80. The summed E-state index contributed by atoms with van der Waals surface area (Å²) in [5, 5.41) is 1.39. The second-order valence-corrected chi connectivity index (χ2v) is 5.64. The van der Waals surface area contributed by atoms with Crippen LogP contribution in [0.15, 0.2) is 18.2 Å². The van der Waals surface area contributed by atoms with Gasteiger partial charge in [-0.05, 0) is 18.6 Å². The minimum absolute atomic E-state index is 0.0355. The van der Waals surface area contributed by atoms with Crippen LogP contribution in [0.2, 0.25) is 5.02 Å². The van der Waals surface area contributed by atoms with Crippen molar-refractivity contribution in [3.8, 4) is 0 Å². The van der Waals surface area contributed by atoms with Gasteiger partial charge >= 0.3 is 0 Å². The number of nitrogens with two attached hydrogens (primary N) is 1. The van der Waals surface area contributed by atoms with Crippen molar-refractivity contribution in [3.63, 3.8) is 0 Å². The van der Waals surface area contributed by atoms with E-state index in [0.717, 1.165) is 23.1 Å². The molecule has 0 aliphatic carbocycles. The van der Waals surface area contributed by atoms with Gasteiger partial charge in [-0.1, -0.05) is 24.6 Å². The molecule has 0 spiro atoms. The highest BCUT2D eigenvalue weighted by atomic mass is 35.5. The molecule has 0 fully saturated rings. The van der Waals surface area contributed by atoms with Crippen molar-refractivity contribution in [2.45, 2.75) is 13.3 Å². The minimum atomic E-state index is -0.0355. The van der Waals surface area contributed by atoms with Crippen LogP contribution in [0.3, 0.4) is 0 Å². The quantitative estimate of drug-likeness (QED) is 0.934. The predicted octanol–water partition coefficient (Wildman–Crippen LogP) is 3.62. The third kappa shape index (κ3) is 2.18. The van der Waals surface area contributed by atoms with Gasteiger partial charge in [-0.15, -0.1) is 11.3 Å². The molecule has 1 amide bonds. The Labute approximate surface area is 115 Å². The average molecular weight is 283 g/mol. The summed E-state index contributed by atoms with van der Waals surface area (Å²) in [7, 11) is 1.79. The summed E-state index contributed by atoms with van der Waals surface area (Å²) >= 11 is 7.52. The second-order valence-electron chi connectivity index (χ2n) is 4.18. The first kappa shape index (κ1) is 13.2. The number of rotatable bonds is 3. The number of fused-ring (bicyclic) bond motifs is 1. The highest BCUT2D eigenvalue weighted by Gasteiger charge is 2.20. The number of nitrogens with zero attached hydrogens (tertiary/aromatic N) is 1. The molecule has 1 aromatic heterocycles. The summed E-state index contributed by atoms with van der Waals surface area (Å²) in [5.41, 5.74) is 6.55. The number of benzene rings is 1. The maximum atomic E-state index is 12.2. The molecule has 5 heteroatoms. The van der Waals surface area contributed by atoms with Crippen LogP contribution in [-0.2, 0) is 0 Å². The number of anilines is 1. The first-order chi connectivity index (χ1) is 8.56. The summed E-state index contributed by atoms with van der Waals surface area (Å²) in [4.78, 5) is 14.5. The highest BCUT2D eigenvalue weighted by Crippen LogP contribution is 2.38. The molecule has 2 aromatic rings. The monoisotopic (exact) mass is 282 g/mol. The van der Waals surface area contributed by atoms with E-state index in [-0.39, 0.29) is 5.91 Å². The molecule has 1 aromatic carbocycles. The van der Waals surface area contributed by atoms with Crippen LogP contribution in [-0.4, -0.2) is 24.4 Å². The largest absolute Gasteiger partial charge is 0.397 e. The third-order valence-corrected chi connectivity index (χ3v) is 4.28. The summed E-state index contributed by atoms with van der Waals surface area (Å²) in [6.07, 6.45) is 0.924. The van der Waals surface area contributed by atoms with Gasteiger partial charge in [0.25, 0.3) is 5.91 Å². The first-order valence-corrected chi connectivity index (χ1v) is 6.97. The molecule has 2 rings (SSSR count). The van der Waals surface area contributed by atoms with Gasteiger partial charge in [0.2, 0.25) is 0 Å². The average Bonchev–Trinajstić information content (AvgIpc) is 2.67. The van der Waals surface area contributed by atoms with Crippen molar-refractivity contribution >= 4 is 44.6 Å². The Balaban J connectivity index is 2.49. The van der Waals surface area contributed by atoms with E-state index in [0.29, 0.717) is 15.6 Å².